The lowest BCUT2D eigenvalue weighted by Gasteiger charge is -2.39. The van der Waals surface area contributed by atoms with Crippen LogP contribution in [0.3, 0.4) is 0 Å². The van der Waals surface area contributed by atoms with Crippen molar-refractivity contribution in [1.82, 2.24) is 5.53 Å². The van der Waals surface area contributed by atoms with Crippen molar-refractivity contribution < 1.29 is 0 Å². The Morgan fingerprint density at radius 1 is 0.763 bits per heavy atom. The fourth-order valence-corrected chi connectivity index (χ4v) is 5.75. The lowest BCUT2D eigenvalue weighted by Crippen LogP contribution is -2.52. The number of rotatable bonds is 14. The quantitative estimate of drug-likeness (QED) is 0.160. The van der Waals surface area contributed by atoms with Crippen molar-refractivity contribution in [3.05, 3.63) is 71.4 Å². The average molecular weight is 554 g/mol. The molecule has 0 spiro atoms. The van der Waals surface area contributed by atoms with Gasteiger partial charge in [-0.1, -0.05) is 121 Å². The maximum absolute atomic E-state index is 4.51. The molecule has 5 heteroatoms. The first kappa shape index (κ1) is 31.0. The van der Waals surface area contributed by atoms with Crippen LogP contribution in [0.25, 0.3) is 0 Å². The largest absolute Gasteiger partial charge is 0.286 e. The van der Waals surface area contributed by atoms with Crippen molar-refractivity contribution in [3.8, 4) is 0 Å². The highest BCUT2D eigenvalue weighted by atomic mass is 32.1. The highest BCUT2D eigenvalue weighted by molar-refractivity contribution is 7.79. The van der Waals surface area contributed by atoms with Gasteiger partial charge in [-0.15, -0.1) is 5.53 Å². The second kappa shape index (κ2) is 17.9. The molecule has 210 valence electrons. The molecule has 1 aliphatic carbocycles. The number of para-hydroxylation sites is 2. The molecular weight excluding hydrogens is 503 g/mol. The molecule has 38 heavy (non-hydrogen) atoms. The molecule has 1 fully saturated rings. The number of hydrogen-bond acceptors (Lipinski definition) is 5. The first-order valence-corrected chi connectivity index (χ1v) is 16.4. The van der Waals surface area contributed by atoms with E-state index in [1.54, 1.807) is 0 Å². The number of hydrogen-bond donors (Lipinski definition) is 3. The molecule has 1 saturated carbocycles. The van der Waals surface area contributed by atoms with Gasteiger partial charge in [-0.2, -0.15) is 25.3 Å². The van der Waals surface area contributed by atoms with Gasteiger partial charge in [-0.3, -0.25) is 10.0 Å². The molecule has 1 heterocycles. The minimum atomic E-state index is 0.708. The molecule has 0 radical (unpaired) electrons. The van der Waals surface area contributed by atoms with E-state index < -0.39 is 0 Å². The van der Waals surface area contributed by atoms with Gasteiger partial charge in [0.05, 0.1) is 17.9 Å². The average Bonchev–Trinajstić information content (AvgIpc) is 2.94. The van der Waals surface area contributed by atoms with Crippen LogP contribution in [0.1, 0.15) is 108 Å². The SMILES string of the molecule is CCCCC1=CN(c2ccccc2CS)NN(c2ccccc2CS)C1.CCCCCCCCC1CCC1. The number of hydrazine groups is 2. The zero-order valence-corrected chi connectivity index (χ0v) is 25.7. The van der Waals surface area contributed by atoms with Gasteiger partial charge in [0, 0.05) is 17.7 Å². The third kappa shape index (κ3) is 9.88. The van der Waals surface area contributed by atoms with Crippen molar-refractivity contribution in [2.24, 2.45) is 5.92 Å². The van der Waals surface area contributed by atoms with Crippen LogP contribution in [0.15, 0.2) is 60.3 Å². The summed E-state index contributed by atoms with van der Waals surface area (Å²) in [6.45, 7) is 5.41. The van der Waals surface area contributed by atoms with Crippen LogP contribution in [0.2, 0.25) is 0 Å². The summed E-state index contributed by atoms with van der Waals surface area (Å²) in [5, 5.41) is 4.36. The van der Waals surface area contributed by atoms with Crippen molar-refractivity contribution in [3.63, 3.8) is 0 Å². The smallest absolute Gasteiger partial charge is 0.0629 e. The molecule has 1 N–H and O–H groups in total. The Bertz CT molecular complexity index is 957. The fourth-order valence-electron chi connectivity index (χ4n) is 5.21. The molecule has 0 unspecified atom stereocenters. The molecule has 2 aliphatic rings. The predicted octanol–water partition coefficient (Wildman–Crippen LogP) is 9.90. The Hall–Kier alpha value is -1.56. The van der Waals surface area contributed by atoms with Crippen LogP contribution < -0.4 is 15.6 Å². The lowest BCUT2D eigenvalue weighted by molar-refractivity contribution is 0.286. The van der Waals surface area contributed by atoms with Crippen LogP contribution in [-0.2, 0) is 11.5 Å². The van der Waals surface area contributed by atoms with E-state index in [0.717, 1.165) is 30.3 Å². The van der Waals surface area contributed by atoms with Gasteiger partial charge in [-0.25, -0.2) is 0 Å². The summed E-state index contributed by atoms with van der Waals surface area (Å²) >= 11 is 9.01. The predicted molar refractivity (Wildman–Crippen MR) is 174 cm³/mol. The van der Waals surface area contributed by atoms with Gasteiger partial charge in [0.1, 0.15) is 0 Å². The Morgan fingerprint density at radius 2 is 1.37 bits per heavy atom. The summed E-state index contributed by atoms with van der Waals surface area (Å²) < 4.78 is 0. The lowest BCUT2D eigenvalue weighted by atomic mass is 9.81. The summed E-state index contributed by atoms with van der Waals surface area (Å²) in [5.41, 5.74) is 9.74. The number of nitrogens with one attached hydrogen (secondary N) is 1. The van der Waals surface area contributed by atoms with Gasteiger partial charge < -0.3 is 0 Å². The molecule has 0 aromatic heterocycles. The zero-order valence-electron chi connectivity index (χ0n) is 23.9. The number of unbranched alkanes of at least 4 members (excludes halogenated alkanes) is 6. The van der Waals surface area contributed by atoms with Crippen molar-refractivity contribution >= 4 is 36.6 Å². The minimum Gasteiger partial charge on any atom is -0.286 e. The molecule has 0 bridgehead atoms. The van der Waals surface area contributed by atoms with Crippen LogP contribution in [0, 0.1) is 5.92 Å². The summed E-state index contributed by atoms with van der Waals surface area (Å²) in [6.07, 6.45) is 20.7. The summed E-state index contributed by atoms with van der Waals surface area (Å²) in [4.78, 5) is 0. The van der Waals surface area contributed by atoms with E-state index in [-0.39, 0.29) is 0 Å². The van der Waals surface area contributed by atoms with E-state index in [4.69, 9.17) is 0 Å². The van der Waals surface area contributed by atoms with Gasteiger partial charge in [0.25, 0.3) is 0 Å². The van der Waals surface area contributed by atoms with Gasteiger partial charge in [0.2, 0.25) is 0 Å². The van der Waals surface area contributed by atoms with Crippen molar-refractivity contribution in [2.75, 3.05) is 16.6 Å². The Kier molecular flexibility index (Phi) is 14.6. The molecule has 0 saturated heterocycles. The zero-order chi connectivity index (χ0) is 27.0. The van der Waals surface area contributed by atoms with E-state index in [0.29, 0.717) is 5.75 Å². The number of nitrogens with zero attached hydrogens (tertiary/aromatic N) is 2. The van der Waals surface area contributed by atoms with Crippen LogP contribution in [0.5, 0.6) is 0 Å². The first-order valence-electron chi connectivity index (χ1n) is 15.1. The third-order valence-electron chi connectivity index (χ3n) is 7.82. The topological polar surface area (TPSA) is 18.5 Å². The van der Waals surface area contributed by atoms with Gasteiger partial charge in [-0.05, 0) is 47.6 Å². The molecular formula is C33H51N3S2. The second-order valence-corrected chi connectivity index (χ2v) is 11.5. The normalized spacial score (nSPS) is 15.5. The molecule has 2 aromatic carbocycles. The number of benzene rings is 2. The molecule has 3 nitrogen and oxygen atoms in total. The molecule has 2 aromatic rings. The highest BCUT2D eigenvalue weighted by Crippen LogP contribution is 2.31. The Balaban J connectivity index is 0.000000279. The Morgan fingerprint density at radius 3 is 2.00 bits per heavy atom. The van der Waals surface area contributed by atoms with Gasteiger partial charge >= 0.3 is 0 Å². The van der Waals surface area contributed by atoms with Crippen LogP contribution in [0.4, 0.5) is 11.4 Å². The van der Waals surface area contributed by atoms with E-state index in [1.165, 1.54) is 99.4 Å². The second-order valence-electron chi connectivity index (χ2n) is 10.9. The first-order chi connectivity index (χ1) is 18.7. The van der Waals surface area contributed by atoms with E-state index >= 15 is 0 Å². The molecule has 0 atom stereocenters. The number of anilines is 2. The van der Waals surface area contributed by atoms with Crippen molar-refractivity contribution in [2.45, 2.75) is 109 Å². The molecule has 0 amide bonds. The van der Waals surface area contributed by atoms with E-state index in [9.17, 15) is 0 Å². The number of thiol groups is 2. The summed E-state index contributed by atoms with van der Waals surface area (Å²) in [7, 11) is 0. The van der Waals surface area contributed by atoms with E-state index in [2.05, 4.69) is 109 Å². The Labute approximate surface area is 244 Å². The van der Waals surface area contributed by atoms with Crippen LogP contribution >= 0.6 is 25.3 Å². The highest BCUT2D eigenvalue weighted by Gasteiger charge is 2.21. The van der Waals surface area contributed by atoms with Crippen LogP contribution in [-0.4, -0.2) is 6.54 Å². The summed E-state index contributed by atoms with van der Waals surface area (Å²) in [5.74, 6) is 2.56. The fraction of sp³-hybridized carbons (Fsp3) is 0.576. The maximum atomic E-state index is 4.51. The summed E-state index contributed by atoms with van der Waals surface area (Å²) in [6, 6.07) is 16.9. The van der Waals surface area contributed by atoms with Crippen molar-refractivity contribution in [1.29, 1.82) is 0 Å². The minimum absolute atomic E-state index is 0.708. The monoisotopic (exact) mass is 553 g/mol. The molecule has 4 rings (SSSR count). The maximum Gasteiger partial charge on any atom is 0.0629 e. The standard InChI is InChI=1S/C21H27N3S2.C12H24/c1-2-3-8-17-13-23(20-11-6-4-9-18(20)15-25)22-24(14-17)21-12-7-5-10-19(21)16-26;1-2-3-4-5-6-7-9-12-10-8-11-12/h4-7,9-13,22,25-26H,2-3,8,14-16H2,1H3;12H,2-11H2,1H3. The van der Waals surface area contributed by atoms with Gasteiger partial charge in [0.15, 0.2) is 0 Å². The third-order valence-corrected chi connectivity index (χ3v) is 8.50. The van der Waals surface area contributed by atoms with E-state index in [1.807, 2.05) is 0 Å². The molecule has 1 aliphatic heterocycles.